The van der Waals surface area contributed by atoms with Gasteiger partial charge in [0.1, 0.15) is 0 Å². The lowest BCUT2D eigenvalue weighted by atomic mass is 10.2. The van der Waals surface area contributed by atoms with Crippen molar-refractivity contribution in [2.45, 2.75) is 38.1 Å². The molecule has 2 aliphatic rings. The molecule has 0 spiro atoms. The van der Waals surface area contributed by atoms with Gasteiger partial charge in [0.25, 0.3) is 0 Å². The second kappa shape index (κ2) is 6.50. The van der Waals surface area contributed by atoms with Gasteiger partial charge in [0.2, 0.25) is 5.91 Å². The fraction of sp³-hybridized carbons (Fsp3) is 0.917. The van der Waals surface area contributed by atoms with Crippen LogP contribution in [0.1, 0.15) is 32.1 Å². The Morgan fingerprint density at radius 3 is 3.06 bits per heavy atom. The number of carbonyl (C=O) groups excluding carboxylic acids is 1. The SMILES string of the molecule is O=C1CCCN1CCCNC1CCCSC1. The van der Waals surface area contributed by atoms with Gasteiger partial charge < -0.3 is 10.2 Å². The minimum atomic E-state index is 0.355. The van der Waals surface area contributed by atoms with Crippen molar-refractivity contribution in [1.82, 2.24) is 10.2 Å². The molecule has 0 aromatic rings. The predicted octanol–water partition coefficient (Wildman–Crippen LogP) is 1.48. The highest BCUT2D eigenvalue weighted by Crippen LogP contribution is 2.16. The number of likely N-dealkylation sites (tertiary alicyclic amines) is 1. The van der Waals surface area contributed by atoms with E-state index in [0.29, 0.717) is 11.9 Å². The van der Waals surface area contributed by atoms with Gasteiger partial charge in [0, 0.05) is 31.3 Å². The summed E-state index contributed by atoms with van der Waals surface area (Å²) in [7, 11) is 0. The molecule has 1 N–H and O–H groups in total. The first-order valence-electron chi connectivity index (χ1n) is 6.45. The van der Waals surface area contributed by atoms with E-state index in [1.807, 2.05) is 4.90 Å². The molecule has 0 aromatic heterocycles. The van der Waals surface area contributed by atoms with Crippen molar-refractivity contribution in [3.8, 4) is 0 Å². The number of rotatable bonds is 5. The number of nitrogens with zero attached hydrogens (tertiary/aromatic N) is 1. The van der Waals surface area contributed by atoms with Crippen LogP contribution in [-0.2, 0) is 4.79 Å². The summed E-state index contributed by atoms with van der Waals surface area (Å²) in [5.41, 5.74) is 0. The lowest BCUT2D eigenvalue weighted by Crippen LogP contribution is -2.36. The number of hydrogen-bond acceptors (Lipinski definition) is 3. The van der Waals surface area contributed by atoms with Crippen LogP contribution in [0.25, 0.3) is 0 Å². The molecule has 3 nitrogen and oxygen atoms in total. The van der Waals surface area contributed by atoms with Crippen LogP contribution < -0.4 is 5.32 Å². The highest BCUT2D eigenvalue weighted by Gasteiger charge is 2.19. The van der Waals surface area contributed by atoms with E-state index in [0.717, 1.165) is 38.9 Å². The van der Waals surface area contributed by atoms with E-state index in [-0.39, 0.29) is 0 Å². The normalized spacial score (nSPS) is 26.4. The highest BCUT2D eigenvalue weighted by atomic mass is 32.2. The average molecular weight is 242 g/mol. The van der Waals surface area contributed by atoms with Gasteiger partial charge in [-0.05, 0) is 38.0 Å². The summed E-state index contributed by atoms with van der Waals surface area (Å²) in [6, 6.07) is 0.716. The monoisotopic (exact) mass is 242 g/mol. The Kier molecular flexibility index (Phi) is 4.97. The summed E-state index contributed by atoms with van der Waals surface area (Å²) in [6.45, 7) is 3.00. The smallest absolute Gasteiger partial charge is 0.222 e. The Balaban J connectivity index is 1.52. The third kappa shape index (κ3) is 3.67. The van der Waals surface area contributed by atoms with Crippen LogP contribution in [-0.4, -0.2) is 48.0 Å². The fourth-order valence-corrected chi connectivity index (χ4v) is 3.52. The van der Waals surface area contributed by atoms with E-state index in [1.54, 1.807) is 0 Å². The molecule has 2 aliphatic heterocycles. The second-order valence-corrected chi connectivity index (χ2v) is 5.86. The third-order valence-corrected chi connectivity index (χ3v) is 4.58. The summed E-state index contributed by atoms with van der Waals surface area (Å²) >= 11 is 2.06. The number of nitrogens with one attached hydrogen (secondary N) is 1. The fourth-order valence-electron chi connectivity index (χ4n) is 2.42. The second-order valence-electron chi connectivity index (χ2n) is 4.71. The minimum absolute atomic E-state index is 0.355. The highest BCUT2D eigenvalue weighted by molar-refractivity contribution is 7.99. The molecule has 1 unspecified atom stereocenters. The van der Waals surface area contributed by atoms with Gasteiger partial charge in [0.05, 0.1) is 0 Å². The summed E-state index contributed by atoms with van der Waals surface area (Å²) in [5.74, 6) is 2.96. The lowest BCUT2D eigenvalue weighted by molar-refractivity contribution is -0.127. The van der Waals surface area contributed by atoms with E-state index in [9.17, 15) is 4.79 Å². The van der Waals surface area contributed by atoms with Crippen LogP contribution in [0.5, 0.6) is 0 Å². The summed E-state index contributed by atoms with van der Waals surface area (Å²) in [5, 5.41) is 3.60. The molecular formula is C12H22N2OS. The molecule has 0 bridgehead atoms. The zero-order chi connectivity index (χ0) is 11.2. The predicted molar refractivity (Wildman–Crippen MR) is 68.8 cm³/mol. The number of carbonyl (C=O) groups is 1. The van der Waals surface area contributed by atoms with Crippen LogP contribution in [0.3, 0.4) is 0 Å². The summed E-state index contributed by atoms with van der Waals surface area (Å²) < 4.78 is 0. The van der Waals surface area contributed by atoms with Crippen molar-refractivity contribution in [2.24, 2.45) is 0 Å². The zero-order valence-corrected chi connectivity index (χ0v) is 10.7. The van der Waals surface area contributed by atoms with Gasteiger partial charge in [-0.3, -0.25) is 4.79 Å². The van der Waals surface area contributed by atoms with Crippen LogP contribution in [0.15, 0.2) is 0 Å². The first-order valence-corrected chi connectivity index (χ1v) is 7.60. The van der Waals surface area contributed by atoms with Crippen LogP contribution in [0.2, 0.25) is 0 Å². The molecule has 4 heteroatoms. The molecule has 0 aliphatic carbocycles. The molecule has 2 rings (SSSR count). The van der Waals surface area contributed by atoms with Gasteiger partial charge >= 0.3 is 0 Å². The van der Waals surface area contributed by atoms with Crippen LogP contribution in [0.4, 0.5) is 0 Å². The zero-order valence-electron chi connectivity index (χ0n) is 9.91. The van der Waals surface area contributed by atoms with Gasteiger partial charge in [-0.2, -0.15) is 11.8 Å². The number of amides is 1. The van der Waals surface area contributed by atoms with Crippen molar-refractivity contribution in [1.29, 1.82) is 0 Å². The van der Waals surface area contributed by atoms with Gasteiger partial charge in [-0.25, -0.2) is 0 Å². The largest absolute Gasteiger partial charge is 0.343 e. The van der Waals surface area contributed by atoms with E-state index >= 15 is 0 Å². The molecule has 92 valence electrons. The maximum absolute atomic E-state index is 11.4. The van der Waals surface area contributed by atoms with Crippen molar-refractivity contribution < 1.29 is 4.79 Å². The molecule has 1 amide bonds. The maximum atomic E-state index is 11.4. The average Bonchev–Trinajstić information content (AvgIpc) is 2.72. The standard InChI is InChI=1S/C12H22N2OS/c15-12-5-1-7-14(12)8-3-6-13-11-4-2-9-16-10-11/h11,13H,1-10H2. The van der Waals surface area contributed by atoms with Gasteiger partial charge in [0.15, 0.2) is 0 Å². The maximum Gasteiger partial charge on any atom is 0.222 e. The Hall–Kier alpha value is -0.220. The van der Waals surface area contributed by atoms with Crippen LogP contribution in [0, 0.1) is 0 Å². The molecular weight excluding hydrogens is 220 g/mol. The van der Waals surface area contributed by atoms with E-state index < -0.39 is 0 Å². The molecule has 0 radical (unpaired) electrons. The van der Waals surface area contributed by atoms with E-state index in [2.05, 4.69) is 17.1 Å². The molecule has 1 atom stereocenters. The molecule has 2 fully saturated rings. The van der Waals surface area contributed by atoms with Crippen LogP contribution >= 0.6 is 11.8 Å². The van der Waals surface area contributed by atoms with Gasteiger partial charge in [-0.1, -0.05) is 0 Å². The topological polar surface area (TPSA) is 32.3 Å². The first kappa shape index (κ1) is 12.2. The van der Waals surface area contributed by atoms with Gasteiger partial charge in [-0.15, -0.1) is 0 Å². The molecule has 0 aromatic carbocycles. The van der Waals surface area contributed by atoms with E-state index in [1.165, 1.54) is 24.3 Å². The Morgan fingerprint density at radius 2 is 2.38 bits per heavy atom. The number of thioether (sulfide) groups is 1. The van der Waals surface area contributed by atoms with E-state index in [4.69, 9.17) is 0 Å². The minimum Gasteiger partial charge on any atom is -0.343 e. The van der Waals surface area contributed by atoms with Crippen molar-refractivity contribution in [3.05, 3.63) is 0 Å². The Labute approximate surface area is 102 Å². The lowest BCUT2D eigenvalue weighted by Gasteiger charge is -2.23. The molecule has 16 heavy (non-hydrogen) atoms. The third-order valence-electron chi connectivity index (χ3n) is 3.37. The summed E-state index contributed by atoms with van der Waals surface area (Å²) in [6.07, 6.45) is 5.62. The molecule has 2 saturated heterocycles. The first-order chi connectivity index (χ1) is 7.86. The van der Waals surface area contributed by atoms with Crippen molar-refractivity contribution >= 4 is 17.7 Å². The molecule has 2 heterocycles. The Bertz CT molecular complexity index is 229. The quantitative estimate of drug-likeness (QED) is 0.741. The van der Waals surface area contributed by atoms with Crippen molar-refractivity contribution in [3.63, 3.8) is 0 Å². The Morgan fingerprint density at radius 1 is 1.44 bits per heavy atom. The van der Waals surface area contributed by atoms with Crippen molar-refractivity contribution in [2.75, 3.05) is 31.1 Å². The summed E-state index contributed by atoms with van der Waals surface area (Å²) in [4.78, 5) is 13.4. The number of hydrogen-bond donors (Lipinski definition) is 1. The molecule has 0 saturated carbocycles.